The molecule has 4 nitrogen and oxygen atoms in total. The van der Waals surface area contributed by atoms with Gasteiger partial charge >= 0.3 is 6.61 Å². The van der Waals surface area contributed by atoms with E-state index in [-0.39, 0.29) is 5.75 Å². The summed E-state index contributed by atoms with van der Waals surface area (Å²) in [5.41, 5.74) is 2.77. The molecule has 0 saturated heterocycles. The fourth-order valence-electron chi connectivity index (χ4n) is 2.08. The molecule has 23 heavy (non-hydrogen) atoms. The summed E-state index contributed by atoms with van der Waals surface area (Å²) >= 11 is 1.54. The molecule has 0 fully saturated rings. The van der Waals surface area contributed by atoms with Crippen molar-refractivity contribution in [3.63, 3.8) is 0 Å². The quantitative estimate of drug-likeness (QED) is 0.675. The zero-order chi connectivity index (χ0) is 16.2. The molecule has 0 spiro atoms. The van der Waals surface area contributed by atoms with E-state index in [0.29, 0.717) is 5.75 Å². The normalized spacial score (nSPS) is 11.1. The molecule has 1 heterocycles. The first-order valence-corrected chi connectivity index (χ1v) is 7.83. The van der Waals surface area contributed by atoms with E-state index >= 15 is 0 Å². The predicted octanol–water partition coefficient (Wildman–Crippen LogP) is 4.47. The lowest BCUT2D eigenvalue weighted by Gasteiger charge is -2.05. The summed E-state index contributed by atoms with van der Waals surface area (Å²) < 4.78 is 33.7. The van der Waals surface area contributed by atoms with Gasteiger partial charge in [0, 0.05) is 11.8 Å². The van der Waals surface area contributed by atoms with E-state index in [4.69, 9.17) is 4.74 Å². The maximum Gasteiger partial charge on any atom is 0.387 e. The monoisotopic (exact) mass is 336 g/mol. The van der Waals surface area contributed by atoms with E-state index < -0.39 is 6.61 Å². The van der Waals surface area contributed by atoms with Crippen LogP contribution in [0, 0.1) is 0 Å². The van der Waals surface area contributed by atoms with Crippen molar-refractivity contribution in [2.75, 3.05) is 7.11 Å². The number of aromatic nitrogens is 2. The molecule has 3 aromatic rings. The average molecular weight is 336 g/mol. The molecule has 1 aromatic heterocycles. The van der Waals surface area contributed by atoms with Crippen LogP contribution in [0.1, 0.15) is 5.56 Å². The van der Waals surface area contributed by atoms with Crippen molar-refractivity contribution < 1.29 is 18.3 Å². The summed E-state index contributed by atoms with van der Waals surface area (Å²) in [4.78, 5) is 7.71. The summed E-state index contributed by atoms with van der Waals surface area (Å²) in [6.45, 7) is -2.80. The molecule has 7 heteroatoms. The number of thioether (sulfide) groups is 1. The van der Waals surface area contributed by atoms with Gasteiger partial charge in [-0.1, -0.05) is 23.9 Å². The molecule has 3 rings (SSSR count). The van der Waals surface area contributed by atoms with Crippen LogP contribution in [0.25, 0.3) is 11.0 Å². The highest BCUT2D eigenvalue weighted by Crippen LogP contribution is 2.26. The first-order chi connectivity index (χ1) is 11.1. The number of hydrogen-bond donors (Lipinski definition) is 1. The molecular formula is C16H14F2N2O2S. The van der Waals surface area contributed by atoms with Gasteiger partial charge in [-0.3, -0.25) is 0 Å². The van der Waals surface area contributed by atoms with Gasteiger partial charge in [0.15, 0.2) is 5.16 Å². The molecule has 120 valence electrons. The second kappa shape index (κ2) is 6.87. The van der Waals surface area contributed by atoms with Gasteiger partial charge in [0.1, 0.15) is 11.5 Å². The van der Waals surface area contributed by atoms with E-state index in [0.717, 1.165) is 27.5 Å². The standard InChI is InChI=1S/C16H14F2N2O2S/c1-21-12-6-7-13-14(8-12)20-16(19-13)23-9-10-2-4-11(5-3-10)22-15(17)18/h2-8,15H,9H2,1H3,(H,19,20). The van der Waals surface area contributed by atoms with E-state index in [1.807, 2.05) is 18.2 Å². The highest BCUT2D eigenvalue weighted by Gasteiger charge is 2.06. The number of nitrogens with one attached hydrogen (secondary N) is 1. The Balaban J connectivity index is 1.65. The maximum absolute atomic E-state index is 12.1. The van der Waals surface area contributed by atoms with Crippen molar-refractivity contribution in [3.05, 3.63) is 48.0 Å². The number of rotatable bonds is 6. The number of H-pyrrole nitrogens is 1. The third kappa shape index (κ3) is 3.92. The lowest BCUT2D eigenvalue weighted by Crippen LogP contribution is -2.01. The lowest BCUT2D eigenvalue weighted by molar-refractivity contribution is -0.0498. The Hall–Kier alpha value is -2.28. The van der Waals surface area contributed by atoms with Crippen molar-refractivity contribution in [2.24, 2.45) is 0 Å². The van der Waals surface area contributed by atoms with Crippen LogP contribution in [0.15, 0.2) is 47.6 Å². The molecule has 0 bridgehead atoms. The summed E-state index contributed by atoms with van der Waals surface area (Å²) in [6.07, 6.45) is 0. The van der Waals surface area contributed by atoms with Gasteiger partial charge in [-0.15, -0.1) is 0 Å². The highest BCUT2D eigenvalue weighted by atomic mass is 32.2. The van der Waals surface area contributed by atoms with Gasteiger partial charge in [-0.2, -0.15) is 8.78 Å². The number of benzene rings is 2. The molecule has 1 N–H and O–H groups in total. The van der Waals surface area contributed by atoms with Gasteiger partial charge in [0.2, 0.25) is 0 Å². The summed E-state index contributed by atoms with van der Waals surface area (Å²) in [5.74, 6) is 1.60. The van der Waals surface area contributed by atoms with E-state index in [9.17, 15) is 8.78 Å². The Morgan fingerprint density at radius 2 is 1.87 bits per heavy atom. The molecular weight excluding hydrogens is 322 g/mol. The SMILES string of the molecule is COc1ccc2nc(SCc3ccc(OC(F)F)cc3)[nH]c2c1. The van der Waals surface area contributed by atoms with Crippen LogP contribution < -0.4 is 9.47 Å². The van der Waals surface area contributed by atoms with E-state index in [2.05, 4.69) is 14.7 Å². The first-order valence-electron chi connectivity index (χ1n) is 6.84. The molecule has 0 aliphatic rings. The molecule has 2 aromatic carbocycles. The van der Waals surface area contributed by atoms with Crippen molar-refractivity contribution in [3.8, 4) is 11.5 Å². The highest BCUT2D eigenvalue weighted by molar-refractivity contribution is 7.98. The number of aromatic amines is 1. The zero-order valence-corrected chi connectivity index (χ0v) is 13.1. The average Bonchev–Trinajstić information content (AvgIpc) is 2.95. The largest absolute Gasteiger partial charge is 0.497 e. The van der Waals surface area contributed by atoms with Gasteiger partial charge in [-0.25, -0.2) is 4.98 Å². The Kier molecular flexibility index (Phi) is 4.66. The van der Waals surface area contributed by atoms with E-state index in [1.54, 1.807) is 19.2 Å². The Labute approximate surface area is 135 Å². The van der Waals surface area contributed by atoms with Crippen molar-refractivity contribution in [1.29, 1.82) is 0 Å². The molecule has 0 unspecified atom stereocenters. The number of methoxy groups -OCH3 is 1. The van der Waals surface area contributed by atoms with Crippen molar-refractivity contribution in [1.82, 2.24) is 9.97 Å². The minimum Gasteiger partial charge on any atom is -0.497 e. The molecule has 0 saturated carbocycles. The molecule has 0 radical (unpaired) electrons. The first kappa shape index (κ1) is 15.6. The Morgan fingerprint density at radius 1 is 1.13 bits per heavy atom. The number of imidazole rings is 1. The Bertz CT molecular complexity index is 790. The summed E-state index contributed by atoms with van der Waals surface area (Å²) in [6, 6.07) is 12.2. The van der Waals surface area contributed by atoms with Gasteiger partial charge in [0.25, 0.3) is 0 Å². The second-order valence-corrected chi connectivity index (χ2v) is 5.70. The van der Waals surface area contributed by atoms with Crippen LogP contribution in [-0.2, 0) is 5.75 Å². The second-order valence-electron chi connectivity index (χ2n) is 4.74. The molecule has 0 amide bonds. The van der Waals surface area contributed by atoms with Crippen LogP contribution in [0.3, 0.4) is 0 Å². The topological polar surface area (TPSA) is 47.1 Å². The van der Waals surface area contributed by atoms with Gasteiger partial charge in [-0.05, 0) is 29.8 Å². The third-order valence-corrected chi connectivity index (χ3v) is 4.14. The van der Waals surface area contributed by atoms with Crippen molar-refractivity contribution >= 4 is 22.8 Å². The van der Waals surface area contributed by atoms with Crippen LogP contribution in [-0.4, -0.2) is 23.7 Å². The summed E-state index contributed by atoms with van der Waals surface area (Å²) in [5, 5.41) is 0.793. The van der Waals surface area contributed by atoms with Crippen LogP contribution in [0.2, 0.25) is 0 Å². The number of hydrogen-bond acceptors (Lipinski definition) is 4. The smallest absolute Gasteiger partial charge is 0.387 e. The Morgan fingerprint density at radius 3 is 2.57 bits per heavy atom. The van der Waals surface area contributed by atoms with Crippen LogP contribution in [0.4, 0.5) is 8.78 Å². The summed E-state index contributed by atoms with van der Waals surface area (Å²) in [7, 11) is 1.62. The predicted molar refractivity (Wildman–Crippen MR) is 85.3 cm³/mol. The van der Waals surface area contributed by atoms with Crippen LogP contribution in [0.5, 0.6) is 11.5 Å². The lowest BCUT2D eigenvalue weighted by atomic mass is 10.2. The van der Waals surface area contributed by atoms with Gasteiger partial charge < -0.3 is 14.5 Å². The number of nitrogens with zero attached hydrogens (tertiary/aromatic N) is 1. The van der Waals surface area contributed by atoms with Crippen molar-refractivity contribution in [2.45, 2.75) is 17.5 Å². The molecule has 0 atom stereocenters. The molecule has 0 aliphatic carbocycles. The number of fused-ring (bicyclic) bond motifs is 1. The van der Waals surface area contributed by atoms with Gasteiger partial charge in [0.05, 0.1) is 18.1 Å². The minimum absolute atomic E-state index is 0.157. The number of ether oxygens (including phenoxy) is 2. The zero-order valence-electron chi connectivity index (χ0n) is 12.3. The maximum atomic E-state index is 12.1. The minimum atomic E-state index is -2.80. The fraction of sp³-hybridized carbons (Fsp3) is 0.188. The van der Waals surface area contributed by atoms with Crippen LogP contribution >= 0.6 is 11.8 Å². The number of alkyl halides is 2. The third-order valence-electron chi connectivity index (χ3n) is 3.19. The van der Waals surface area contributed by atoms with E-state index in [1.165, 1.54) is 23.9 Å². The fourth-order valence-corrected chi connectivity index (χ4v) is 2.92. The number of halogens is 2. The molecule has 0 aliphatic heterocycles.